The maximum absolute atomic E-state index is 11.8. The second kappa shape index (κ2) is 4.71. The van der Waals surface area contributed by atoms with Crippen LogP contribution in [0.4, 0.5) is 0 Å². The summed E-state index contributed by atoms with van der Waals surface area (Å²) in [5, 5.41) is 5.65. The first-order valence-corrected chi connectivity index (χ1v) is 6.14. The number of halogens is 1. The predicted octanol–water partition coefficient (Wildman–Crippen LogP) is 1.95. The van der Waals surface area contributed by atoms with Crippen LogP contribution in [0, 0.1) is 0 Å². The lowest BCUT2D eigenvalue weighted by atomic mass is 10.3. The molecular weight excluding hydrogens is 292 g/mol. The number of nitrogens with zero attached hydrogens (tertiary/aromatic N) is 2. The Kier molecular flexibility index (Phi) is 3.31. The van der Waals surface area contributed by atoms with Crippen molar-refractivity contribution in [3.8, 4) is 0 Å². The number of rotatable bonds is 3. The molecule has 4 nitrogen and oxygen atoms in total. The second-order valence-electron chi connectivity index (χ2n) is 3.04. The van der Waals surface area contributed by atoms with Crippen molar-refractivity contribution in [1.29, 1.82) is 0 Å². The molecule has 0 bridgehead atoms. The van der Waals surface area contributed by atoms with E-state index in [4.69, 9.17) is 0 Å². The molecule has 16 heavy (non-hydrogen) atoms. The fourth-order valence-electron chi connectivity index (χ4n) is 1.21. The van der Waals surface area contributed by atoms with Crippen molar-refractivity contribution >= 4 is 33.0 Å². The molecule has 2 aromatic rings. The van der Waals surface area contributed by atoms with E-state index in [0.717, 1.165) is 9.15 Å². The molecule has 0 aliphatic rings. The molecule has 0 unspecified atom stereocenters. The van der Waals surface area contributed by atoms with E-state index in [1.807, 2.05) is 5.38 Å². The standard InChI is InChI=1S/C10H7BrN2O2S/c11-7-3-5-16-10(7)8(14)6-13-9(15)2-1-4-12-13/h1-5H,6H2. The van der Waals surface area contributed by atoms with Crippen molar-refractivity contribution in [2.75, 3.05) is 0 Å². The number of hydrogen-bond donors (Lipinski definition) is 0. The highest BCUT2D eigenvalue weighted by Gasteiger charge is 2.12. The lowest BCUT2D eigenvalue weighted by molar-refractivity contribution is 0.0969. The third-order valence-corrected chi connectivity index (χ3v) is 3.83. The van der Waals surface area contributed by atoms with Crippen LogP contribution in [0.25, 0.3) is 0 Å². The lowest BCUT2D eigenvalue weighted by Gasteiger charge is -2.01. The van der Waals surface area contributed by atoms with Gasteiger partial charge in [0.05, 0.1) is 4.88 Å². The maximum atomic E-state index is 11.8. The number of carbonyl (C=O) groups excluding carboxylic acids is 1. The molecule has 0 saturated carbocycles. The van der Waals surface area contributed by atoms with Gasteiger partial charge in [0.15, 0.2) is 5.78 Å². The molecule has 0 saturated heterocycles. The van der Waals surface area contributed by atoms with Gasteiger partial charge in [0.25, 0.3) is 5.56 Å². The summed E-state index contributed by atoms with van der Waals surface area (Å²) in [5.41, 5.74) is -0.275. The topological polar surface area (TPSA) is 52.0 Å². The summed E-state index contributed by atoms with van der Waals surface area (Å²) in [5.74, 6) is -0.123. The monoisotopic (exact) mass is 298 g/mol. The smallest absolute Gasteiger partial charge is 0.267 e. The molecule has 0 atom stereocenters. The zero-order valence-electron chi connectivity index (χ0n) is 8.09. The highest BCUT2D eigenvalue weighted by atomic mass is 79.9. The summed E-state index contributed by atoms with van der Waals surface area (Å²) in [6.07, 6.45) is 1.48. The van der Waals surface area contributed by atoms with Crippen molar-refractivity contribution in [3.63, 3.8) is 0 Å². The predicted molar refractivity (Wildman–Crippen MR) is 64.8 cm³/mol. The first-order valence-electron chi connectivity index (χ1n) is 4.47. The van der Waals surface area contributed by atoms with Crippen LogP contribution >= 0.6 is 27.3 Å². The van der Waals surface area contributed by atoms with Crippen LogP contribution in [0.3, 0.4) is 0 Å². The fourth-order valence-corrected chi connectivity index (χ4v) is 2.73. The molecule has 2 rings (SSSR count). The molecule has 0 N–H and O–H groups in total. The number of aromatic nitrogens is 2. The van der Waals surface area contributed by atoms with Gasteiger partial charge in [-0.1, -0.05) is 0 Å². The zero-order valence-corrected chi connectivity index (χ0v) is 10.5. The van der Waals surface area contributed by atoms with Crippen LogP contribution in [0.15, 0.2) is 39.0 Å². The van der Waals surface area contributed by atoms with Gasteiger partial charge < -0.3 is 0 Å². The average Bonchev–Trinajstić information content (AvgIpc) is 2.68. The van der Waals surface area contributed by atoms with Crippen LogP contribution < -0.4 is 5.56 Å². The Labute approximate surface area is 104 Å². The van der Waals surface area contributed by atoms with E-state index < -0.39 is 0 Å². The van der Waals surface area contributed by atoms with Gasteiger partial charge in [-0.25, -0.2) is 4.68 Å². The largest absolute Gasteiger partial charge is 0.291 e. The average molecular weight is 299 g/mol. The first kappa shape index (κ1) is 11.2. The van der Waals surface area contributed by atoms with Crippen LogP contribution in [-0.2, 0) is 6.54 Å². The van der Waals surface area contributed by atoms with E-state index in [2.05, 4.69) is 21.0 Å². The number of thiophene rings is 1. The van der Waals surface area contributed by atoms with Gasteiger partial charge >= 0.3 is 0 Å². The van der Waals surface area contributed by atoms with E-state index in [1.54, 1.807) is 12.1 Å². The molecular formula is C10H7BrN2O2S. The van der Waals surface area contributed by atoms with Crippen molar-refractivity contribution in [3.05, 3.63) is 49.5 Å². The number of ketones is 1. The van der Waals surface area contributed by atoms with Crippen LogP contribution in [0.2, 0.25) is 0 Å². The molecule has 6 heteroatoms. The van der Waals surface area contributed by atoms with Crippen LogP contribution in [0.5, 0.6) is 0 Å². The minimum Gasteiger partial charge on any atom is -0.291 e. The van der Waals surface area contributed by atoms with Crippen molar-refractivity contribution in [2.24, 2.45) is 0 Å². The van der Waals surface area contributed by atoms with Crippen molar-refractivity contribution in [2.45, 2.75) is 6.54 Å². The van der Waals surface area contributed by atoms with Gasteiger partial charge in [-0.2, -0.15) is 5.10 Å². The normalized spacial score (nSPS) is 10.3. The Morgan fingerprint density at radius 2 is 2.31 bits per heavy atom. The number of hydrogen-bond acceptors (Lipinski definition) is 4. The van der Waals surface area contributed by atoms with Gasteiger partial charge in [0.2, 0.25) is 0 Å². The lowest BCUT2D eigenvalue weighted by Crippen LogP contribution is -2.25. The summed E-state index contributed by atoms with van der Waals surface area (Å²) in [4.78, 5) is 23.8. The zero-order chi connectivity index (χ0) is 11.5. The Morgan fingerprint density at radius 1 is 1.50 bits per heavy atom. The molecule has 2 heterocycles. The van der Waals surface area contributed by atoms with Gasteiger partial charge in [-0.3, -0.25) is 9.59 Å². The van der Waals surface area contributed by atoms with Crippen LogP contribution in [-0.4, -0.2) is 15.6 Å². The Balaban J connectivity index is 2.24. The number of carbonyl (C=O) groups is 1. The molecule has 0 radical (unpaired) electrons. The summed E-state index contributed by atoms with van der Waals surface area (Å²) >= 11 is 4.62. The summed E-state index contributed by atoms with van der Waals surface area (Å²) in [6.45, 7) is -0.0290. The van der Waals surface area contributed by atoms with Gasteiger partial charge in [-0.05, 0) is 33.4 Å². The van der Waals surface area contributed by atoms with E-state index in [9.17, 15) is 9.59 Å². The molecule has 2 aromatic heterocycles. The van der Waals surface area contributed by atoms with Crippen molar-refractivity contribution < 1.29 is 4.79 Å². The van der Waals surface area contributed by atoms with Gasteiger partial charge in [0, 0.05) is 16.7 Å². The first-order chi connectivity index (χ1) is 7.68. The summed E-state index contributed by atoms with van der Waals surface area (Å²) in [7, 11) is 0. The minimum absolute atomic E-state index is 0.0290. The molecule has 0 fully saturated rings. The second-order valence-corrected chi connectivity index (χ2v) is 4.81. The Morgan fingerprint density at radius 3 is 2.94 bits per heavy atom. The fraction of sp³-hybridized carbons (Fsp3) is 0.100. The molecule has 0 aromatic carbocycles. The Hall–Kier alpha value is -1.27. The highest BCUT2D eigenvalue weighted by Crippen LogP contribution is 2.23. The SMILES string of the molecule is O=C(Cn1ncccc1=O)c1sccc1Br. The summed E-state index contributed by atoms with van der Waals surface area (Å²) < 4.78 is 1.90. The van der Waals surface area contributed by atoms with Gasteiger partial charge in [0.1, 0.15) is 6.54 Å². The van der Waals surface area contributed by atoms with Gasteiger partial charge in [-0.15, -0.1) is 11.3 Å². The maximum Gasteiger partial charge on any atom is 0.267 e. The molecule has 0 spiro atoms. The van der Waals surface area contributed by atoms with E-state index in [1.165, 1.54) is 23.6 Å². The highest BCUT2D eigenvalue weighted by molar-refractivity contribution is 9.10. The van der Waals surface area contributed by atoms with E-state index >= 15 is 0 Å². The molecule has 0 aliphatic heterocycles. The van der Waals surface area contributed by atoms with Crippen LogP contribution in [0.1, 0.15) is 9.67 Å². The Bertz CT molecular complexity index is 576. The third kappa shape index (κ3) is 2.28. The molecule has 0 amide bonds. The molecule has 82 valence electrons. The molecule has 0 aliphatic carbocycles. The van der Waals surface area contributed by atoms with E-state index in [0.29, 0.717) is 4.88 Å². The van der Waals surface area contributed by atoms with Crippen molar-refractivity contribution in [1.82, 2.24) is 9.78 Å². The van der Waals surface area contributed by atoms with E-state index in [-0.39, 0.29) is 17.9 Å². The number of Topliss-reactive ketones (excluding diaryl/α,β-unsaturated/α-hetero) is 1. The quantitative estimate of drug-likeness (QED) is 0.814. The third-order valence-electron chi connectivity index (χ3n) is 1.95. The minimum atomic E-state index is -0.275. The summed E-state index contributed by atoms with van der Waals surface area (Å²) in [6, 6.07) is 4.73.